The van der Waals surface area contributed by atoms with Gasteiger partial charge >= 0.3 is 0 Å². The molecule has 4 rings (SSSR count). The Morgan fingerprint density at radius 1 is 1.10 bits per heavy atom. The van der Waals surface area contributed by atoms with Gasteiger partial charge in [0.1, 0.15) is 0 Å². The zero-order valence-electron chi connectivity index (χ0n) is 17.9. The lowest BCUT2D eigenvalue weighted by Crippen LogP contribution is -2.48. The molecule has 7 nitrogen and oxygen atoms in total. The third-order valence-electron chi connectivity index (χ3n) is 6.21. The highest BCUT2D eigenvalue weighted by molar-refractivity contribution is 6.30. The maximum Gasteiger partial charge on any atom is 0.231 e. The van der Waals surface area contributed by atoms with Gasteiger partial charge in [-0.2, -0.15) is 4.98 Å². The topological polar surface area (TPSA) is 79.5 Å². The fourth-order valence-corrected chi connectivity index (χ4v) is 4.66. The average Bonchev–Trinajstić information content (AvgIpc) is 3.30. The Kier molecular flexibility index (Phi) is 6.90. The van der Waals surface area contributed by atoms with Crippen LogP contribution in [0.2, 0.25) is 5.02 Å². The molecule has 1 aromatic carbocycles. The van der Waals surface area contributed by atoms with E-state index in [0.29, 0.717) is 36.2 Å². The molecule has 2 aliphatic heterocycles. The van der Waals surface area contributed by atoms with Crippen LogP contribution in [0.3, 0.4) is 0 Å². The Bertz CT molecular complexity index is 914. The minimum Gasteiger partial charge on any atom is -0.342 e. The summed E-state index contributed by atoms with van der Waals surface area (Å²) in [7, 11) is 0. The van der Waals surface area contributed by atoms with Crippen LogP contribution in [0.5, 0.6) is 0 Å². The molecule has 2 amide bonds. The van der Waals surface area contributed by atoms with Crippen molar-refractivity contribution in [1.29, 1.82) is 0 Å². The van der Waals surface area contributed by atoms with Gasteiger partial charge < -0.3 is 14.3 Å². The lowest BCUT2D eigenvalue weighted by atomic mass is 9.92. The second kappa shape index (κ2) is 9.81. The summed E-state index contributed by atoms with van der Waals surface area (Å²) in [5.41, 5.74) is 0.849. The molecule has 31 heavy (non-hydrogen) atoms. The SMILES string of the molecule is CCCC(=O)N1CCC[C@@H](C(=O)N2CCC[C@@H](c3nc(-c4ccc(Cl)cc4)no3)C2)C1. The summed E-state index contributed by atoms with van der Waals surface area (Å²) in [6.07, 6.45) is 4.94. The van der Waals surface area contributed by atoms with Gasteiger partial charge in [-0.25, -0.2) is 0 Å². The third-order valence-corrected chi connectivity index (χ3v) is 6.47. The number of carbonyl (C=O) groups is 2. The quantitative estimate of drug-likeness (QED) is 0.692. The molecule has 0 unspecified atom stereocenters. The third kappa shape index (κ3) is 5.09. The molecule has 0 bridgehead atoms. The summed E-state index contributed by atoms with van der Waals surface area (Å²) in [6.45, 7) is 4.64. The summed E-state index contributed by atoms with van der Waals surface area (Å²) >= 11 is 5.95. The fourth-order valence-electron chi connectivity index (χ4n) is 4.53. The van der Waals surface area contributed by atoms with E-state index in [1.165, 1.54) is 0 Å². The summed E-state index contributed by atoms with van der Waals surface area (Å²) in [6, 6.07) is 7.32. The number of halogens is 1. The molecule has 0 saturated carbocycles. The Morgan fingerprint density at radius 2 is 1.84 bits per heavy atom. The highest BCUT2D eigenvalue weighted by Gasteiger charge is 2.34. The minimum absolute atomic E-state index is 0.0349. The highest BCUT2D eigenvalue weighted by atomic mass is 35.5. The van der Waals surface area contributed by atoms with Crippen molar-refractivity contribution in [1.82, 2.24) is 19.9 Å². The van der Waals surface area contributed by atoms with Crippen LogP contribution in [0, 0.1) is 5.92 Å². The van der Waals surface area contributed by atoms with Gasteiger partial charge in [0, 0.05) is 43.2 Å². The van der Waals surface area contributed by atoms with E-state index in [2.05, 4.69) is 10.1 Å². The first kappa shape index (κ1) is 21.8. The summed E-state index contributed by atoms with van der Waals surface area (Å²) in [5, 5.41) is 4.78. The number of piperidine rings is 2. The van der Waals surface area contributed by atoms with E-state index in [0.717, 1.165) is 50.8 Å². The van der Waals surface area contributed by atoms with Crippen LogP contribution in [-0.4, -0.2) is 57.9 Å². The summed E-state index contributed by atoms with van der Waals surface area (Å²) < 4.78 is 5.55. The second-order valence-electron chi connectivity index (χ2n) is 8.52. The van der Waals surface area contributed by atoms with Crippen LogP contribution in [0.4, 0.5) is 0 Å². The van der Waals surface area contributed by atoms with Crippen molar-refractivity contribution in [2.45, 2.75) is 51.4 Å². The van der Waals surface area contributed by atoms with Crippen molar-refractivity contribution in [3.63, 3.8) is 0 Å². The zero-order chi connectivity index (χ0) is 21.8. The van der Waals surface area contributed by atoms with E-state index >= 15 is 0 Å². The van der Waals surface area contributed by atoms with Crippen molar-refractivity contribution in [2.24, 2.45) is 5.92 Å². The molecular formula is C23H29ClN4O3. The van der Waals surface area contributed by atoms with E-state index in [1.54, 1.807) is 12.1 Å². The molecule has 2 saturated heterocycles. The summed E-state index contributed by atoms with van der Waals surface area (Å²) in [5.74, 6) is 1.35. The normalized spacial score (nSPS) is 21.9. The van der Waals surface area contributed by atoms with Crippen LogP contribution in [0.15, 0.2) is 28.8 Å². The van der Waals surface area contributed by atoms with Crippen molar-refractivity contribution < 1.29 is 14.1 Å². The Labute approximate surface area is 187 Å². The van der Waals surface area contributed by atoms with E-state index in [9.17, 15) is 9.59 Å². The smallest absolute Gasteiger partial charge is 0.231 e. The number of carbonyl (C=O) groups excluding carboxylic acids is 2. The van der Waals surface area contributed by atoms with E-state index < -0.39 is 0 Å². The van der Waals surface area contributed by atoms with Gasteiger partial charge in [0.05, 0.1) is 11.8 Å². The maximum absolute atomic E-state index is 13.2. The monoisotopic (exact) mass is 444 g/mol. The van der Waals surface area contributed by atoms with Crippen LogP contribution < -0.4 is 0 Å². The fraction of sp³-hybridized carbons (Fsp3) is 0.565. The number of aromatic nitrogens is 2. The minimum atomic E-state index is -0.111. The van der Waals surface area contributed by atoms with Crippen LogP contribution in [0.1, 0.15) is 57.3 Å². The number of hydrogen-bond acceptors (Lipinski definition) is 5. The van der Waals surface area contributed by atoms with Gasteiger partial charge in [-0.3, -0.25) is 9.59 Å². The summed E-state index contributed by atoms with van der Waals surface area (Å²) in [4.78, 5) is 33.9. The molecule has 2 fully saturated rings. The molecular weight excluding hydrogens is 416 g/mol. The van der Waals surface area contributed by atoms with E-state index in [4.69, 9.17) is 16.1 Å². The van der Waals surface area contributed by atoms with Gasteiger partial charge in [0.15, 0.2) is 0 Å². The number of likely N-dealkylation sites (tertiary alicyclic amines) is 2. The first-order valence-corrected chi connectivity index (χ1v) is 11.6. The highest BCUT2D eigenvalue weighted by Crippen LogP contribution is 2.30. The second-order valence-corrected chi connectivity index (χ2v) is 8.95. The molecule has 166 valence electrons. The number of amides is 2. The van der Waals surface area contributed by atoms with Crippen molar-refractivity contribution in [2.75, 3.05) is 26.2 Å². The van der Waals surface area contributed by atoms with Crippen molar-refractivity contribution >= 4 is 23.4 Å². The molecule has 2 aliphatic rings. The molecule has 3 heterocycles. The zero-order valence-corrected chi connectivity index (χ0v) is 18.7. The Balaban J connectivity index is 1.40. The van der Waals surface area contributed by atoms with Gasteiger partial charge in [-0.05, 0) is 56.4 Å². The standard InChI is InChI=1S/C23H29ClN4O3/c1-2-5-20(29)27-12-4-7-18(15-27)23(30)28-13-3-6-17(14-28)22-25-21(26-31-22)16-8-10-19(24)11-9-16/h8-11,17-18H,2-7,12-15H2,1H3/t17-,18-/m1/s1. The van der Waals surface area contributed by atoms with Gasteiger partial charge in [0.25, 0.3) is 0 Å². The van der Waals surface area contributed by atoms with Gasteiger partial charge in [-0.1, -0.05) is 23.7 Å². The number of rotatable bonds is 5. The van der Waals surface area contributed by atoms with Gasteiger partial charge in [0.2, 0.25) is 23.5 Å². The van der Waals surface area contributed by atoms with Crippen molar-refractivity contribution in [3.8, 4) is 11.4 Å². The molecule has 8 heteroatoms. The number of nitrogens with zero attached hydrogens (tertiary/aromatic N) is 4. The predicted octanol–water partition coefficient (Wildman–Crippen LogP) is 4.13. The molecule has 0 spiro atoms. The number of benzene rings is 1. The number of hydrogen-bond donors (Lipinski definition) is 0. The predicted molar refractivity (Wildman–Crippen MR) is 118 cm³/mol. The molecule has 2 aromatic rings. The van der Waals surface area contributed by atoms with Crippen LogP contribution >= 0.6 is 11.6 Å². The lowest BCUT2D eigenvalue weighted by molar-refractivity contribution is -0.141. The first-order chi connectivity index (χ1) is 15.0. The maximum atomic E-state index is 13.2. The molecule has 2 atom stereocenters. The molecule has 0 radical (unpaired) electrons. The van der Waals surface area contributed by atoms with Crippen molar-refractivity contribution in [3.05, 3.63) is 35.2 Å². The first-order valence-electron chi connectivity index (χ1n) is 11.2. The Morgan fingerprint density at radius 3 is 2.61 bits per heavy atom. The molecule has 0 aliphatic carbocycles. The molecule has 0 N–H and O–H groups in total. The lowest BCUT2D eigenvalue weighted by Gasteiger charge is -2.37. The van der Waals surface area contributed by atoms with E-state index in [-0.39, 0.29) is 23.7 Å². The van der Waals surface area contributed by atoms with Crippen LogP contribution in [0.25, 0.3) is 11.4 Å². The Hall–Kier alpha value is -2.41. The largest absolute Gasteiger partial charge is 0.342 e. The average molecular weight is 445 g/mol. The van der Waals surface area contributed by atoms with Gasteiger partial charge in [-0.15, -0.1) is 0 Å². The van der Waals surface area contributed by atoms with Crippen LogP contribution in [-0.2, 0) is 9.59 Å². The van der Waals surface area contributed by atoms with E-state index in [1.807, 2.05) is 28.9 Å². The molecule has 1 aromatic heterocycles.